The summed E-state index contributed by atoms with van der Waals surface area (Å²) >= 11 is 0. The van der Waals surface area contributed by atoms with E-state index in [0.717, 1.165) is 20.2 Å². The average Bonchev–Trinajstić information content (AvgIpc) is 2.82. The lowest BCUT2D eigenvalue weighted by Crippen LogP contribution is -2.41. The van der Waals surface area contributed by atoms with Crippen LogP contribution in [-0.2, 0) is 22.8 Å². The third-order valence-corrected chi connectivity index (χ3v) is 4.71. The quantitative estimate of drug-likeness (QED) is 0.285. The number of nitrogens with two attached hydrogens (primary N) is 1. The molecule has 0 saturated heterocycles. The first-order valence-corrected chi connectivity index (χ1v) is 9.79. The van der Waals surface area contributed by atoms with Gasteiger partial charge in [-0.2, -0.15) is 18.2 Å². The Labute approximate surface area is 199 Å². The van der Waals surface area contributed by atoms with Gasteiger partial charge in [0.2, 0.25) is 5.88 Å². The number of hydrogen-bond donors (Lipinski definition) is 1. The molecule has 0 atom stereocenters. The summed E-state index contributed by atoms with van der Waals surface area (Å²) in [6, 6.07) is 4.38. The molecule has 3 rings (SSSR count). The summed E-state index contributed by atoms with van der Waals surface area (Å²) in [7, 11) is 3.23. The van der Waals surface area contributed by atoms with Gasteiger partial charge in [0.25, 0.3) is 11.4 Å². The van der Waals surface area contributed by atoms with Crippen molar-refractivity contribution in [1.82, 2.24) is 14.1 Å². The maximum Gasteiger partial charge on any atom is 0.431 e. The van der Waals surface area contributed by atoms with Crippen LogP contribution in [0, 0.1) is 5.82 Å². The van der Waals surface area contributed by atoms with Gasteiger partial charge < -0.3 is 24.7 Å². The Bertz CT molecular complexity index is 1430. The maximum absolute atomic E-state index is 14.7. The monoisotopic (exact) mass is 514 g/mol. The summed E-state index contributed by atoms with van der Waals surface area (Å²) in [5.74, 6) is -2.56. The van der Waals surface area contributed by atoms with Gasteiger partial charge >= 0.3 is 17.8 Å². The number of benzene rings is 1. The lowest BCUT2D eigenvalue weighted by Gasteiger charge is -2.16. The molecule has 0 unspecified atom stereocenters. The average molecular weight is 514 g/mol. The van der Waals surface area contributed by atoms with Crippen LogP contribution in [0.5, 0.6) is 23.3 Å². The first kappa shape index (κ1) is 26.1. The lowest BCUT2D eigenvalue weighted by molar-refractivity contribution is -0.144. The summed E-state index contributed by atoms with van der Waals surface area (Å²) < 4.78 is 74.8. The van der Waals surface area contributed by atoms with E-state index in [1.165, 1.54) is 19.2 Å². The van der Waals surface area contributed by atoms with E-state index in [2.05, 4.69) is 9.72 Å². The van der Waals surface area contributed by atoms with Crippen molar-refractivity contribution in [2.75, 3.05) is 26.6 Å². The molecule has 2 aromatic heterocycles. The second kappa shape index (κ2) is 9.97. The third kappa shape index (κ3) is 5.24. The summed E-state index contributed by atoms with van der Waals surface area (Å²) in [6.45, 7) is -0.561. The molecule has 2 heterocycles. The number of carbonyl (C=O) groups excluding carboxylic acids is 1. The zero-order valence-electron chi connectivity index (χ0n) is 18.9. The highest BCUT2D eigenvalue weighted by Gasteiger charge is 2.35. The van der Waals surface area contributed by atoms with Crippen molar-refractivity contribution >= 4 is 11.7 Å². The van der Waals surface area contributed by atoms with E-state index in [0.29, 0.717) is 6.07 Å². The predicted octanol–water partition coefficient (Wildman–Crippen LogP) is 2.02. The van der Waals surface area contributed by atoms with Crippen LogP contribution < -0.4 is 31.2 Å². The Morgan fingerprint density at radius 1 is 1.11 bits per heavy atom. The fourth-order valence-electron chi connectivity index (χ4n) is 2.95. The molecule has 192 valence electrons. The van der Waals surface area contributed by atoms with Crippen LogP contribution in [0.1, 0.15) is 5.69 Å². The second-order valence-electron chi connectivity index (χ2n) is 7.01. The Balaban J connectivity index is 2.11. The maximum atomic E-state index is 14.7. The number of aromatic nitrogens is 3. The number of methoxy groups -OCH3 is 2. The molecule has 0 aliphatic rings. The van der Waals surface area contributed by atoms with Crippen LogP contribution in [0.15, 0.2) is 39.9 Å². The third-order valence-electron chi connectivity index (χ3n) is 4.71. The molecule has 36 heavy (non-hydrogen) atoms. The van der Waals surface area contributed by atoms with Gasteiger partial charge in [0.05, 0.1) is 25.6 Å². The molecular weight excluding hydrogens is 496 g/mol. The van der Waals surface area contributed by atoms with Gasteiger partial charge in [-0.25, -0.2) is 18.5 Å². The lowest BCUT2D eigenvalue weighted by atomic mass is 10.2. The van der Waals surface area contributed by atoms with Crippen LogP contribution in [0.4, 0.5) is 23.2 Å². The highest BCUT2D eigenvalue weighted by atomic mass is 19.4. The largest absolute Gasteiger partial charge is 0.481 e. The molecule has 0 amide bonds. The van der Waals surface area contributed by atoms with Crippen LogP contribution in [0.25, 0.3) is 5.69 Å². The smallest absolute Gasteiger partial charge is 0.431 e. The molecule has 0 aliphatic heterocycles. The van der Waals surface area contributed by atoms with Crippen molar-refractivity contribution in [3.8, 4) is 28.9 Å². The predicted molar refractivity (Wildman–Crippen MR) is 115 cm³/mol. The Hall–Kier alpha value is -4.56. The van der Waals surface area contributed by atoms with Crippen molar-refractivity contribution in [2.24, 2.45) is 7.05 Å². The molecule has 11 nitrogen and oxygen atoms in total. The van der Waals surface area contributed by atoms with Gasteiger partial charge in [-0.3, -0.25) is 9.36 Å². The minimum Gasteiger partial charge on any atom is -0.481 e. The SMILES string of the molecule is COC(=O)COc1nc(OC)ccc1Oc1cc(-n2c(=O)cc(C(F)(F)F)n(C)c2=O)c(F)cc1N. The molecule has 15 heteroatoms. The summed E-state index contributed by atoms with van der Waals surface area (Å²) in [6.07, 6.45) is -5.00. The van der Waals surface area contributed by atoms with E-state index in [4.69, 9.17) is 19.9 Å². The number of esters is 1. The topological polar surface area (TPSA) is 137 Å². The number of hydrogen-bond acceptors (Lipinski definition) is 9. The molecule has 0 radical (unpaired) electrons. The minimum absolute atomic E-state index is 0.0785. The zero-order valence-corrected chi connectivity index (χ0v) is 18.9. The van der Waals surface area contributed by atoms with Gasteiger partial charge in [0.1, 0.15) is 11.5 Å². The van der Waals surface area contributed by atoms with E-state index >= 15 is 0 Å². The van der Waals surface area contributed by atoms with E-state index in [1.54, 1.807) is 0 Å². The van der Waals surface area contributed by atoms with Crippen LogP contribution in [0.2, 0.25) is 0 Å². The minimum atomic E-state index is -5.00. The van der Waals surface area contributed by atoms with Crippen molar-refractivity contribution in [3.63, 3.8) is 0 Å². The van der Waals surface area contributed by atoms with Crippen LogP contribution >= 0.6 is 0 Å². The molecule has 0 spiro atoms. The van der Waals surface area contributed by atoms with Crippen molar-refractivity contribution in [2.45, 2.75) is 6.18 Å². The van der Waals surface area contributed by atoms with E-state index < -0.39 is 47.2 Å². The fourth-order valence-corrected chi connectivity index (χ4v) is 2.95. The van der Waals surface area contributed by atoms with Gasteiger partial charge in [0.15, 0.2) is 18.1 Å². The summed E-state index contributed by atoms with van der Waals surface area (Å²) in [5.41, 5.74) is 0.368. The first-order valence-electron chi connectivity index (χ1n) is 9.79. The highest BCUT2D eigenvalue weighted by molar-refractivity contribution is 5.71. The molecule has 0 saturated carbocycles. The number of pyridine rings is 1. The van der Waals surface area contributed by atoms with Gasteiger partial charge in [-0.05, 0) is 6.07 Å². The number of carbonyl (C=O) groups is 1. The fraction of sp³-hybridized carbons (Fsp3) is 0.238. The Morgan fingerprint density at radius 3 is 2.42 bits per heavy atom. The number of halogens is 4. The van der Waals surface area contributed by atoms with Gasteiger partial charge in [-0.1, -0.05) is 0 Å². The number of alkyl halides is 3. The number of nitrogen functional groups attached to an aromatic ring is 1. The molecular formula is C21H18F4N4O7. The Kier molecular flexibility index (Phi) is 7.22. The standard InChI is InChI=1S/C21H18F4N4O7/c1-28-15(21(23,24)25)8-17(30)29(20(28)32)12-7-14(11(26)6-10(12)22)36-13-4-5-16(33-2)27-19(13)35-9-18(31)34-3/h4-8H,9,26H2,1-3H3. The molecule has 0 aliphatic carbocycles. The molecule has 1 aromatic carbocycles. The highest BCUT2D eigenvalue weighted by Crippen LogP contribution is 2.36. The molecule has 2 N–H and O–H groups in total. The summed E-state index contributed by atoms with van der Waals surface area (Å²) in [5, 5.41) is 0. The van der Waals surface area contributed by atoms with E-state index in [-0.39, 0.29) is 44.1 Å². The molecule has 0 fully saturated rings. The number of nitrogens with zero attached hydrogens (tertiary/aromatic N) is 3. The Morgan fingerprint density at radius 2 is 1.81 bits per heavy atom. The van der Waals surface area contributed by atoms with Crippen molar-refractivity contribution < 1.29 is 41.3 Å². The van der Waals surface area contributed by atoms with E-state index in [9.17, 15) is 31.9 Å². The van der Waals surface area contributed by atoms with Crippen LogP contribution in [-0.4, -0.2) is 40.9 Å². The number of rotatable bonds is 7. The summed E-state index contributed by atoms with van der Waals surface area (Å²) in [4.78, 5) is 40.4. The normalized spacial score (nSPS) is 11.2. The molecule has 3 aromatic rings. The molecule has 0 bridgehead atoms. The van der Waals surface area contributed by atoms with Crippen molar-refractivity contribution in [3.05, 3.63) is 62.7 Å². The first-order chi connectivity index (χ1) is 16.9. The zero-order chi connectivity index (χ0) is 26.8. The van der Waals surface area contributed by atoms with Gasteiger partial charge in [0, 0.05) is 31.3 Å². The van der Waals surface area contributed by atoms with E-state index in [1.807, 2.05) is 0 Å². The number of anilines is 1. The van der Waals surface area contributed by atoms with Crippen molar-refractivity contribution in [1.29, 1.82) is 0 Å². The number of ether oxygens (including phenoxy) is 4. The second-order valence-corrected chi connectivity index (χ2v) is 7.01. The van der Waals surface area contributed by atoms with Gasteiger partial charge in [-0.15, -0.1) is 0 Å². The van der Waals surface area contributed by atoms with Crippen LogP contribution in [0.3, 0.4) is 0 Å².